The molecular weight excluding hydrogens is 402 g/mol. The van der Waals surface area contributed by atoms with E-state index in [1.165, 1.54) is 6.20 Å². The van der Waals surface area contributed by atoms with E-state index in [1.807, 2.05) is 36.4 Å². The number of para-hydroxylation sites is 1. The van der Waals surface area contributed by atoms with Gasteiger partial charge in [0.1, 0.15) is 5.75 Å². The molecule has 2 aromatic carbocycles. The third-order valence-electron chi connectivity index (χ3n) is 4.77. The number of pyridine rings is 2. The quantitative estimate of drug-likeness (QED) is 0.425. The van der Waals surface area contributed by atoms with Crippen molar-refractivity contribution < 1.29 is 9.53 Å². The summed E-state index contributed by atoms with van der Waals surface area (Å²) in [6.07, 6.45) is 8.08. The minimum absolute atomic E-state index is 0.245. The van der Waals surface area contributed by atoms with Crippen LogP contribution in [-0.4, -0.2) is 25.8 Å². The smallest absolute Gasteiger partial charge is 0.256 e. The van der Waals surface area contributed by atoms with Crippen LogP contribution in [0.2, 0.25) is 0 Å². The summed E-state index contributed by atoms with van der Waals surface area (Å²) < 4.78 is 5.71. The van der Waals surface area contributed by atoms with Gasteiger partial charge in [0.25, 0.3) is 5.91 Å². The predicted octanol–water partition coefficient (Wildman–Crippen LogP) is 5.13. The lowest BCUT2D eigenvalue weighted by atomic mass is 10.0. The molecule has 7 heteroatoms. The minimum atomic E-state index is -0.245. The van der Waals surface area contributed by atoms with E-state index in [9.17, 15) is 4.79 Å². The van der Waals surface area contributed by atoms with Gasteiger partial charge in [0.15, 0.2) is 0 Å². The molecule has 0 saturated heterocycles. The summed E-state index contributed by atoms with van der Waals surface area (Å²) in [5, 5.41) is 3.72. The molecule has 0 aliphatic rings. The van der Waals surface area contributed by atoms with Gasteiger partial charge in [0, 0.05) is 47.5 Å². The third-order valence-corrected chi connectivity index (χ3v) is 4.77. The normalized spacial score (nSPS) is 10.6. The molecule has 3 aromatic heterocycles. The summed E-state index contributed by atoms with van der Waals surface area (Å²) in [5.41, 5.74) is 3.38. The van der Waals surface area contributed by atoms with Crippen molar-refractivity contribution in [2.24, 2.45) is 0 Å². The van der Waals surface area contributed by atoms with Crippen molar-refractivity contribution in [1.29, 1.82) is 0 Å². The molecule has 1 N–H and O–H groups in total. The molecular formula is C25H17N5O2. The second-order valence-corrected chi connectivity index (χ2v) is 6.94. The first-order valence-electron chi connectivity index (χ1n) is 9.92. The van der Waals surface area contributed by atoms with Gasteiger partial charge in [0.05, 0.1) is 23.0 Å². The lowest BCUT2D eigenvalue weighted by Gasteiger charge is -2.11. The number of rotatable bonds is 5. The summed E-state index contributed by atoms with van der Waals surface area (Å²) in [5.74, 6) is 0.668. The summed E-state index contributed by atoms with van der Waals surface area (Å²) in [7, 11) is 0. The number of ether oxygens (including phenoxy) is 1. The van der Waals surface area contributed by atoms with Gasteiger partial charge in [-0.2, -0.15) is 0 Å². The molecule has 7 nitrogen and oxygen atoms in total. The van der Waals surface area contributed by atoms with Crippen LogP contribution in [-0.2, 0) is 0 Å². The first kappa shape index (κ1) is 19.3. The van der Waals surface area contributed by atoms with Gasteiger partial charge in [-0.3, -0.25) is 14.8 Å². The number of amides is 1. The summed E-state index contributed by atoms with van der Waals surface area (Å²) >= 11 is 0. The van der Waals surface area contributed by atoms with Gasteiger partial charge in [-0.05, 0) is 36.4 Å². The topological polar surface area (TPSA) is 89.9 Å². The first-order valence-corrected chi connectivity index (χ1v) is 9.92. The Kier molecular flexibility index (Phi) is 5.20. The molecule has 0 spiro atoms. The Bertz CT molecular complexity index is 1390. The van der Waals surface area contributed by atoms with Crippen LogP contribution in [0.3, 0.4) is 0 Å². The second-order valence-electron chi connectivity index (χ2n) is 6.94. The highest BCUT2D eigenvalue weighted by Gasteiger charge is 2.15. The molecule has 5 rings (SSSR count). The number of fused-ring (bicyclic) bond motifs is 1. The molecule has 0 aliphatic carbocycles. The Morgan fingerprint density at radius 2 is 1.75 bits per heavy atom. The number of anilines is 1. The SMILES string of the molecule is O=C(Nc1cccc(Oc2cnccn2)c1)c1cc(-c2cccnc2)nc2ccccc12. The van der Waals surface area contributed by atoms with E-state index in [0.29, 0.717) is 28.6 Å². The minimum Gasteiger partial charge on any atom is -0.437 e. The number of carbonyl (C=O) groups excluding carboxylic acids is 1. The summed E-state index contributed by atoms with van der Waals surface area (Å²) in [4.78, 5) is 30.2. The molecule has 5 aromatic rings. The Labute approximate surface area is 183 Å². The van der Waals surface area contributed by atoms with Gasteiger partial charge in [0.2, 0.25) is 5.88 Å². The van der Waals surface area contributed by atoms with Gasteiger partial charge in [-0.25, -0.2) is 9.97 Å². The number of carbonyl (C=O) groups is 1. The highest BCUT2D eigenvalue weighted by Crippen LogP contribution is 2.26. The van der Waals surface area contributed by atoms with Gasteiger partial charge >= 0.3 is 0 Å². The Morgan fingerprint density at radius 1 is 0.844 bits per heavy atom. The molecule has 0 saturated carbocycles. The van der Waals surface area contributed by atoms with Crippen molar-refractivity contribution in [3.63, 3.8) is 0 Å². The molecule has 0 unspecified atom stereocenters. The zero-order valence-electron chi connectivity index (χ0n) is 16.8. The maximum absolute atomic E-state index is 13.3. The van der Waals surface area contributed by atoms with Crippen LogP contribution in [0.1, 0.15) is 10.4 Å². The van der Waals surface area contributed by atoms with Crippen LogP contribution in [0.25, 0.3) is 22.2 Å². The lowest BCUT2D eigenvalue weighted by molar-refractivity contribution is 0.102. The summed E-state index contributed by atoms with van der Waals surface area (Å²) in [6.45, 7) is 0. The van der Waals surface area contributed by atoms with Crippen LogP contribution in [0, 0.1) is 0 Å². The molecule has 32 heavy (non-hydrogen) atoms. The van der Waals surface area contributed by atoms with Crippen molar-refractivity contribution in [3.8, 4) is 22.9 Å². The van der Waals surface area contributed by atoms with E-state index < -0.39 is 0 Å². The van der Waals surface area contributed by atoms with Crippen molar-refractivity contribution in [2.45, 2.75) is 0 Å². The van der Waals surface area contributed by atoms with Gasteiger partial charge in [-0.15, -0.1) is 0 Å². The predicted molar refractivity (Wildman–Crippen MR) is 121 cm³/mol. The molecule has 154 valence electrons. The third kappa shape index (κ3) is 4.13. The second kappa shape index (κ2) is 8.61. The molecule has 0 radical (unpaired) electrons. The van der Waals surface area contributed by atoms with Crippen LogP contribution in [0.4, 0.5) is 5.69 Å². The zero-order valence-corrected chi connectivity index (χ0v) is 16.8. The molecule has 1 amide bonds. The van der Waals surface area contributed by atoms with Crippen molar-refractivity contribution in [2.75, 3.05) is 5.32 Å². The number of benzene rings is 2. The van der Waals surface area contributed by atoms with Gasteiger partial charge < -0.3 is 10.1 Å². The molecule has 0 bridgehead atoms. The number of hydrogen-bond donors (Lipinski definition) is 1. The monoisotopic (exact) mass is 419 g/mol. The Morgan fingerprint density at radius 3 is 2.59 bits per heavy atom. The van der Waals surface area contributed by atoms with Crippen molar-refractivity contribution in [1.82, 2.24) is 19.9 Å². The Hall–Kier alpha value is -4.65. The molecule has 0 fully saturated rings. The fourth-order valence-corrected chi connectivity index (χ4v) is 3.32. The van der Waals surface area contributed by atoms with E-state index >= 15 is 0 Å². The van der Waals surface area contributed by atoms with Gasteiger partial charge in [-0.1, -0.05) is 24.3 Å². The van der Waals surface area contributed by atoms with Crippen molar-refractivity contribution in [3.05, 3.63) is 103 Å². The number of nitrogens with one attached hydrogen (secondary N) is 1. The Balaban J connectivity index is 1.47. The number of aromatic nitrogens is 4. The first-order chi connectivity index (χ1) is 15.8. The fraction of sp³-hybridized carbons (Fsp3) is 0. The fourth-order valence-electron chi connectivity index (χ4n) is 3.32. The maximum atomic E-state index is 13.3. The van der Waals surface area contributed by atoms with Crippen LogP contribution in [0.15, 0.2) is 97.7 Å². The summed E-state index contributed by atoms with van der Waals surface area (Å²) in [6, 6.07) is 20.2. The van der Waals surface area contributed by atoms with E-state index in [4.69, 9.17) is 9.72 Å². The highest BCUT2D eigenvalue weighted by atomic mass is 16.5. The van der Waals surface area contributed by atoms with E-state index in [1.54, 1.807) is 55.1 Å². The van der Waals surface area contributed by atoms with Crippen molar-refractivity contribution >= 4 is 22.5 Å². The van der Waals surface area contributed by atoms with E-state index in [2.05, 4.69) is 20.3 Å². The van der Waals surface area contributed by atoms with E-state index in [0.717, 1.165) is 16.5 Å². The van der Waals surface area contributed by atoms with Crippen LogP contribution >= 0.6 is 0 Å². The standard InChI is InChI=1S/C25H17N5O2/c31-25(29-18-6-3-7-19(13-18)32-24-16-27-11-12-28-24)21-14-23(17-5-4-10-26-15-17)30-22-9-2-1-8-20(21)22/h1-16H,(H,29,31). The average Bonchev–Trinajstić information content (AvgIpc) is 2.85. The maximum Gasteiger partial charge on any atom is 0.256 e. The lowest BCUT2D eigenvalue weighted by Crippen LogP contribution is -2.13. The molecule has 0 atom stereocenters. The highest BCUT2D eigenvalue weighted by molar-refractivity contribution is 6.13. The zero-order chi connectivity index (χ0) is 21.8. The number of hydrogen-bond acceptors (Lipinski definition) is 6. The van der Waals surface area contributed by atoms with Crippen LogP contribution in [0.5, 0.6) is 11.6 Å². The largest absolute Gasteiger partial charge is 0.437 e. The molecule has 0 aliphatic heterocycles. The van der Waals surface area contributed by atoms with Crippen LogP contribution < -0.4 is 10.1 Å². The average molecular weight is 419 g/mol. The van der Waals surface area contributed by atoms with E-state index in [-0.39, 0.29) is 5.91 Å². The molecule has 3 heterocycles. The number of nitrogens with zero attached hydrogens (tertiary/aromatic N) is 4.